The maximum atomic E-state index is 12.1. The predicted octanol–water partition coefficient (Wildman–Crippen LogP) is 1.08. The normalized spacial score (nSPS) is 19.4. The van der Waals surface area contributed by atoms with Crippen LogP contribution in [0, 0.1) is 0 Å². The van der Waals surface area contributed by atoms with Crippen molar-refractivity contribution < 1.29 is 17.9 Å². The highest BCUT2D eigenvalue weighted by molar-refractivity contribution is 7.94. The second kappa shape index (κ2) is 5.49. The number of sulfone groups is 1. The Kier molecular flexibility index (Phi) is 3.66. The number of methoxy groups -OCH3 is 1. The summed E-state index contributed by atoms with van der Waals surface area (Å²) in [5, 5.41) is 4.84. The summed E-state index contributed by atoms with van der Waals surface area (Å²) in [5.41, 5.74) is 0.922. The molecule has 0 radical (unpaired) electrons. The zero-order valence-corrected chi connectivity index (χ0v) is 12.8. The predicted molar refractivity (Wildman–Crippen MR) is 83.3 cm³/mol. The number of fused-ring (bicyclic) bond motifs is 1. The van der Waals surface area contributed by atoms with E-state index in [9.17, 15) is 13.2 Å². The molecule has 3 rings (SSSR count). The van der Waals surface area contributed by atoms with Gasteiger partial charge in [-0.1, -0.05) is 0 Å². The molecule has 22 heavy (non-hydrogen) atoms. The molecule has 1 aliphatic heterocycles. The summed E-state index contributed by atoms with van der Waals surface area (Å²) in [7, 11) is -1.56. The summed E-state index contributed by atoms with van der Waals surface area (Å²) in [4.78, 5) is 12.1. The Labute approximate surface area is 128 Å². The van der Waals surface area contributed by atoms with Gasteiger partial charge < -0.3 is 14.6 Å². The molecule has 0 aliphatic carbocycles. The van der Waals surface area contributed by atoms with E-state index in [1.54, 1.807) is 7.11 Å². The molecule has 0 saturated heterocycles. The molecule has 0 spiro atoms. The van der Waals surface area contributed by atoms with Crippen LogP contribution in [0.1, 0.15) is 0 Å². The number of nitrogens with one attached hydrogen (secondary N) is 1. The van der Waals surface area contributed by atoms with Crippen LogP contribution in [0.3, 0.4) is 0 Å². The maximum absolute atomic E-state index is 12.1. The van der Waals surface area contributed by atoms with Crippen molar-refractivity contribution in [2.45, 2.75) is 12.6 Å². The van der Waals surface area contributed by atoms with E-state index in [2.05, 4.69) is 5.32 Å². The molecule has 1 aromatic heterocycles. The highest BCUT2D eigenvalue weighted by atomic mass is 32.2. The Morgan fingerprint density at radius 1 is 1.41 bits per heavy atom. The number of carbonyl (C=O) groups excluding carboxylic acids is 1. The minimum atomic E-state index is -3.16. The number of amides is 1. The van der Waals surface area contributed by atoms with Crippen molar-refractivity contribution in [2.24, 2.45) is 0 Å². The van der Waals surface area contributed by atoms with Crippen LogP contribution in [0.2, 0.25) is 0 Å². The molecule has 0 fully saturated rings. The molecular weight excluding hydrogens is 304 g/mol. The van der Waals surface area contributed by atoms with Crippen LogP contribution in [0.25, 0.3) is 10.9 Å². The van der Waals surface area contributed by atoms with Gasteiger partial charge >= 0.3 is 0 Å². The smallest absolute Gasteiger partial charge is 0.240 e. The van der Waals surface area contributed by atoms with Crippen LogP contribution >= 0.6 is 0 Å². The average Bonchev–Trinajstić information content (AvgIpc) is 3.01. The quantitative estimate of drug-likeness (QED) is 0.914. The molecule has 1 aromatic carbocycles. The first-order valence-electron chi connectivity index (χ1n) is 6.80. The van der Waals surface area contributed by atoms with Crippen LogP contribution in [0.15, 0.2) is 41.9 Å². The maximum Gasteiger partial charge on any atom is 0.240 e. The average molecular weight is 320 g/mol. The van der Waals surface area contributed by atoms with Crippen molar-refractivity contribution in [3.05, 3.63) is 41.9 Å². The molecule has 6 nitrogen and oxygen atoms in total. The lowest BCUT2D eigenvalue weighted by Crippen LogP contribution is -2.37. The highest BCUT2D eigenvalue weighted by Gasteiger charge is 2.23. The van der Waals surface area contributed by atoms with Crippen LogP contribution in [-0.2, 0) is 21.2 Å². The summed E-state index contributed by atoms with van der Waals surface area (Å²) in [6, 6.07) is 7.09. The first-order valence-corrected chi connectivity index (χ1v) is 8.51. The third-order valence-corrected chi connectivity index (χ3v) is 4.96. The topological polar surface area (TPSA) is 77.4 Å². The van der Waals surface area contributed by atoms with E-state index in [4.69, 9.17) is 4.74 Å². The number of hydrogen-bond acceptors (Lipinski definition) is 4. The molecule has 2 heterocycles. The van der Waals surface area contributed by atoms with Crippen LogP contribution < -0.4 is 10.1 Å². The van der Waals surface area contributed by atoms with Gasteiger partial charge in [0.25, 0.3) is 0 Å². The van der Waals surface area contributed by atoms with Gasteiger partial charge in [-0.3, -0.25) is 4.79 Å². The van der Waals surface area contributed by atoms with Crippen molar-refractivity contribution in [1.29, 1.82) is 0 Å². The SMILES string of the molecule is COc1ccc2c(ccn2CC(=O)N[C@@H]2C=CS(=O)(=O)C2)c1. The minimum absolute atomic E-state index is 0.0671. The number of benzene rings is 1. The molecule has 1 aliphatic rings. The van der Waals surface area contributed by atoms with Gasteiger partial charge in [-0.05, 0) is 30.3 Å². The van der Waals surface area contributed by atoms with Crippen LogP contribution in [-0.4, -0.2) is 37.8 Å². The Bertz CT molecular complexity index is 852. The Morgan fingerprint density at radius 3 is 2.91 bits per heavy atom. The van der Waals surface area contributed by atoms with Gasteiger partial charge in [-0.2, -0.15) is 0 Å². The molecule has 0 saturated carbocycles. The zero-order valence-electron chi connectivity index (χ0n) is 12.0. The van der Waals surface area contributed by atoms with Crippen LogP contribution in [0.4, 0.5) is 0 Å². The Balaban J connectivity index is 1.71. The first kappa shape index (κ1) is 14.6. The largest absolute Gasteiger partial charge is 0.497 e. The number of hydrogen-bond donors (Lipinski definition) is 1. The summed E-state index contributed by atoms with van der Waals surface area (Å²) < 4.78 is 29.6. The van der Waals surface area contributed by atoms with Gasteiger partial charge in [0.2, 0.25) is 5.91 Å². The number of ether oxygens (including phenoxy) is 1. The van der Waals surface area contributed by atoms with E-state index < -0.39 is 15.9 Å². The fourth-order valence-electron chi connectivity index (χ4n) is 2.52. The highest BCUT2D eigenvalue weighted by Crippen LogP contribution is 2.21. The molecule has 0 unspecified atom stereocenters. The third kappa shape index (κ3) is 2.99. The monoisotopic (exact) mass is 320 g/mol. The number of aromatic nitrogens is 1. The Hall–Kier alpha value is -2.28. The summed E-state index contributed by atoms with van der Waals surface area (Å²) in [6.07, 6.45) is 3.33. The summed E-state index contributed by atoms with van der Waals surface area (Å²) >= 11 is 0. The van der Waals surface area contributed by atoms with Gasteiger partial charge in [-0.25, -0.2) is 8.42 Å². The van der Waals surface area contributed by atoms with Gasteiger partial charge in [-0.15, -0.1) is 0 Å². The zero-order chi connectivity index (χ0) is 15.7. The molecule has 7 heteroatoms. The Morgan fingerprint density at radius 2 is 2.23 bits per heavy atom. The van der Waals surface area contributed by atoms with Crippen molar-refractivity contribution >= 4 is 26.6 Å². The summed E-state index contributed by atoms with van der Waals surface area (Å²) in [6.45, 7) is 0.139. The van der Waals surface area contributed by atoms with Crippen molar-refractivity contribution in [3.63, 3.8) is 0 Å². The molecule has 1 atom stereocenters. The number of carbonyl (C=O) groups is 1. The van der Waals surface area contributed by atoms with E-state index in [0.29, 0.717) is 0 Å². The van der Waals surface area contributed by atoms with Gasteiger partial charge in [0.1, 0.15) is 12.3 Å². The van der Waals surface area contributed by atoms with E-state index in [1.807, 2.05) is 35.0 Å². The van der Waals surface area contributed by atoms with Gasteiger partial charge in [0.05, 0.1) is 18.9 Å². The van der Waals surface area contributed by atoms with E-state index in [-0.39, 0.29) is 18.2 Å². The van der Waals surface area contributed by atoms with Gasteiger partial charge in [0.15, 0.2) is 9.84 Å². The van der Waals surface area contributed by atoms with Crippen molar-refractivity contribution in [1.82, 2.24) is 9.88 Å². The van der Waals surface area contributed by atoms with Gasteiger partial charge in [0, 0.05) is 22.5 Å². The fraction of sp³-hybridized carbons (Fsp3) is 0.267. The molecule has 2 aromatic rings. The lowest BCUT2D eigenvalue weighted by molar-refractivity contribution is -0.121. The second-order valence-corrected chi connectivity index (χ2v) is 7.13. The molecular formula is C15H16N2O4S. The first-order chi connectivity index (χ1) is 10.5. The van der Waals surface area contributed by atoms with E-state index >= 15 is 0 Å². The van der Waals surface area contributed by atoms with E-state index in [0.717, 1.165) is 22.1 Å². The molecule has 0 bridgehead atoms. The van der Waals surface area contributed by atoms with E-state index in [1.165, 1.54) is 6.08 Å². The fourth-order valence-corrected chi connectivity index (χ4v) is 3.75. The molecule has 116 valence electrons. The lowest BCUT2D eigenvalue weighted by Gasteiger charge is -2.11. The molecule has 1 N–H and O–H groups in total. The second-order valence-electron chi connectivity index (χ2n) is 5.20. The minimum Gasteiger partial charge on any atom is -0.497 e. The van der Waals surface area contributed by atoms with Crippen LogP contribution in [0.5, 0.6) is 5.75 Å². The summed E-state index contributed by atoms with van der Waals surface area (Å²) in [5.74, 6) is 0.471. The van der Waals surface area contributed by atoms with Crippen molar-refractivity contribution in [2.75, 3.05) is 12.9 Å². The third-order valence-electron chi connectivity index (χ3n) is 3.57. The lowest BCUT2D eigenvalue weighted by atomic mass is 10.2. The standard InChI is InChI=1S/C15H16N2O4S/c1-21-13-2-3-14-11(8-13)4-6-17(14)9-15(18)16-12-5-7-22(19,20)10-12/h2-8,12H,9-10H2,1H3,(H,16,18)/t12-/m1/s1. The number of rotatable bonds is 4. The van der Waals surface area contributed by atoms with Crippen molar-refractivity contribution in [3.8, 4) is 5.75 Å². The number of nitrogens with zero attached hydrogens (tertiary/aromatic N) is 1. The molecule has 1 amide bonds.